The molecule has 0 unspecified atom stereocenters. The van der Waals surface area contributed by atoms with Crippen molar-refractivity contribution < 1.29 is 0 Å². The minimum atomic E-state index is 0. The van der Waals surface area contributed by atoms with E-state index in [4.69, 9.17) is 0 Å². The van der Waals surface area contributed by atoms with Crippen molar-refractivity contribution in [2.75, 3.05) is 31.6 Å². The smallest absolute Gasteiger partial charge is 0.191 e. The zero-order valence-electron chi connectivity index (χ0n) is 16.8. The van der Waals surface area contributed by atoms with E-state index in [-0.39, 0.29) is 24.0 Å². The Labute approximate surface area is 189 Å². The predicted molar refractivity (Wildman–Crippen MR) is 129 cm³/mol. The van der Waals surface area contributed by atoms with E-state index in [9.17, 15) is 0 Å². The van der Waals surface area contributed by atoms with Gasteiger partial charge in [0.2, 0.25) is 0 Å². The summed E-state index contributed by atoms with van der Waals surface area (Å²) in [6.45, 7) is 5.81. The van der Waals surface area contributed by atoms with Gasteiger partial charge in [0.05, 0.1) is 10.7 Å². The normalized spacial score (nSPS) is 14.9. The summed E-state index contributed by atoms with van der Waals surface area (Å²) in [6.07, 6.45) is 8.09. The van der Waals surface area contributed by atoms with Gasteiger partial charge >= 0.3 is 0 Å². The number of aromatic nitrogens is 2. The van der Waals surface area contributed by atoms with Gasteiger partial charge in [-0.25, -0.2) is 9.97 Å². The number of aryl methyl sites for hydroxylation is 1. The average Bonchev–Trinajstić information content (AvgIpc) is 2.94. The van der Waals surface area contributed by atoms with Crippen LogP contribution in [0.15, 0.2) is 28.7 Å². The van der Waals surface area contributed by atoms with Crippen LogP contribution < -0.4 is 15.5 Å². The summed E-state index contributed by atoms with van der Waals surface area (Å²) in [5.41, 5.74) is 2.29. The quantitative estimate of drug-likeness (QED) is 0.349. The maximum Gasteiger partial charge on any atom is 0.191 e. The summed E-state index contributed by atoms with van der Waals surface area (Å²) >= 11 is 1.69. The first-order valence-electron chi connectivity index (χ1n) is 9.80. The molecule has 0 amide bonds. The van der Waals surface area contributed by atoms with Crippen molar-refractivity contribution in [3.63, 3.8) is 0 Å². The number of guanidine groups is 1. The molecule has 3 heterocycles. The number of hydrogen-bond donors (Lipinski definition) is 2. The van der Waals surface area contributed by atoms with Crippen molar-refractivity contribution >= 4 is 47.1 Å². The van der Waals surface area contributed by atoms with Gasteiger partial charge in [-0.3, -0.25) is 4.99 Å². The van der Waals surface area contributed by atoms with Crippen LogP contribution in [-0.2, 0) is 13.0 Å². The van der Waals surface area contributed by atoms with Gasteiger partial charge in [-0.1, -0.05) is 18.9 Å². The Morgan fingerprint density at radius 3 is 2.57 bits per heavy atom. The van der Waals surface area contributed by atoms with Gasteiger partial charge in [0.25, 0.3) is 0 Å². The topological polar surface area (TPSA) is 65.4 Å². The molecule has 1 aliphatic rings. The molecule has 8 heteroatoms. The van der Waals surface area contributed by atoms with Crippen LogP contribution in [0.25, 0.3) is 0 Å². The van der Waals surface area contributed by atoms with Gasteiger partial charge in [0, 0.05) is 51.2 Å². The number of nitrogens with zero attached hydrogens (tertiary/aromatic N) is 4. The van der Waals surface area contributed by atoms with Crippen molar-refractivity contribution in [3.05, 3.63) is 40.0 Å². The van der Waals surface area contributed by atoms with Crippen molar-refractivity contribution in [2.24, 2.45) is 4.99 Å². The molecule has 1 aliphatic heterocycles. The van der Waals surface area contributed by atoms with Crippen LogP contribution in [0.3, 0.4) is 0 Å². The fourth-order valence-corrected chi connectivity index (χ4v) is 3.89. The largest absolute Gasteiger partial charge is 0.357 e. The van der Waals surface area contributed by atoms with Gasteiger partial charge < -0.3 is 15.5 Å². The van der Waals surface area contributed by atoms with Crippen LogP contribution in [0.1, 0.15) is 41.9 Å². The minimum absolute atomic E-state index is 0. The molecule has 2 N–H and O–H groups in total. The minimum Gasteiger partial charge on any atom is -0.357 e. The molecule has 6 nitrogen and oxygen atoms in total. The number of pyridine rings is 1. The van der Waals surface area contributed by atoms with Gasteiger partial charge in [-0.15, -0.1) is 35.3 Å². The van der Waals surface area contributed by atoms with Crippen LogP contribution in [0.4, 0.5) is 5.82 Å². The van der Waals surface area contributed by atoms with E-state index in [2.05, 4.69) is 48.0 Å². The highest BCUT2D eigenvalue weighted by Crippen LogP contribution is 2.17. The number of aliphatic imine (C=N–C) groups is 1. The number of nitrogens with one attached hydrogen (secondary N) is 2. The SMILES string of the molecule is CN=C(NCCc1csc(C)n1)NCc1ccc(N2CCCCCC2)nc1.I. The lowest BCUT2D eigenvalue weighted by atomic mass is 10.2. The van der Waals surface area contributed by atoms with E-state index in [0.717, 1.165) is 54.1 Å². The Morgan fingerprint density at radius 2 is 1.96 bits per heavy atom. The van der Waals surface area contributed by atoms with E-state index < -0.39 is 0 Å². The molecule has 1 fully saturated rings. The van der Waals surface area contributed by atoms with E-state index >= 15 is 0 Å². The number of rotatable bonds is 6. The predicted octanol–water partition coefficient (Wildman–Crippen LogP) is 3.75. The summed E-state index contributed by atoms with van der Waals surface area (Å²) in [7, 11) is 1.79. The highest BCUT2D eigenvalue weighted by atomic mass is 127. The molecule has 154 valence electrons. The molecule has 3 rings (SSSR count). The third-order valence-electron chi connectivity index (χ3n) is 4.76. The summed E-state index contributed by atoms with van der Waals surface area (Å²) in [5.74, 6) is 1.90. The molecule has 0 aromatic carbocycles. The van der Waals surface area contributed by atoms with E-state index in [0.29, 0.717) is 6.54 Å². The summed E-state index contributed by atoms with van der Waals surface area (Å²) in [6, 6.07) is 4.30. The first-order chi connectivity index (χ1) is 13.2. The van der Waals surface area contributed by atoms with Gasteiger partial charge in [-0.05, 0) is 31.4 Å². The van der Waals surface area contributed by atoms with Crippen LogP contribution in [-0.4, -0.2) is 42.6 Å². The number of anilines is 1. The van der Waals surface area contributed by atoms with Crippen LogP contribution >= 0.6 is 35.3 Å². The number of hydrogen-bond acceptors (Lipinski definition) is 5. The maximum absolute atomic E-state index is 4.67. The molecule has 0 bridgehead atoms. The number of thiazole rings is 1. The van der Waals surface area contributed by atoms with Gasteiger partial charge in [0.1, 0.15) is 5.82 Å². The molecule has 0 radical (unpaired) electrons. The zero-order chi connectivity index (χ0) is 18.9. The second kappa shape index (κ2) is 12.2. The standard InChI is InChI=1S/C20H30N6S.HI/c1-16-25-18(15-27-16)9-10-22-20(21-2)24-14-17-7-8-19(23-13-17)26-11-5-3-4-6-12-26;/h7-8,13,15H,3-6,9-12,14H2,1-2H3,(H2,21,22,24);1H. The van der Waals surface area contributed by atoms with Crippen molar-refractivity contribution in [3.8, 4) is 0 Å². The van der Waals surface area contributed by atoms with Crippen molar-refractivity contribution in [1.82, 2.24) is 20.6 Å². The second-order valence-electron chi connectivity index (χ2n) is 6.89. The van der Waals surface area contributed by atoms with Gasteiger partial charge in [0.15, 0.2) is 5.96 Å². The lowest BCUT2D eigenvalue weighted by molar-refractivity contribution is 0.726. The second-order valence-corrected chi connectivity index (χ2v) is 7.95. The fraction of sp³-hybridized carbons (Fsp3) is 0.550. The molecule has 0 aliphatic carbocycles. The first-order valence-corrected chi connectivity index (χ1v) is 10.7. The zero-order valence-corrected chi connectivity index (χ0v) is 19.9. The molecule has 0 atom stereocenters. The Kier molecular flexibility index (Phi) is 9.97. The average molecular weight is 514 g/mol. The van der Waals surface area contributed by atoms with Crippen molar-refractivity contribution in [2.45, 2.75) is 45.6 Å². The third kappa shape index (κ3) is 7.20. The van der Waals surface area contributed by atoms with Gasteiger partial charge in [-0.2, -0.15) is 0 Å². The van der Waals surface area contributed by atoms with E-state index in [1.165, 1.54) is 25.7 Å². The Morgan fingerprint density at radius 1 is 1.18 bits per heavy atom. The molecular weight excluding hydrogens is 483 g/mol. The summed E-state index contributed by atoms with van der Waals surface area (Å²) in [5, 5.41) is 9.93. The number of halogens is 1. The van der Waals surface area contributed by atoms with E-state index in [1.807, 2.05) is 13.1 Å². The van der Waals surface area contributed by atoms with E-state index in [1.54, 1.807) is 18.4 Å². The fourth-order valence-electron chi connectivity index (χ4n) is 3.25. The maximum atomic E-state index is 4.67. The van der Waals surface area contributed by atoms with Crippen LogP contribution in [0.5, 0.6) is 0 Å². The molecule has 0 saturated carbocycles. The molecule has 0 spiro atoms. The summed E-state index contributed by atoms with van der Waals surface area (Å²) < 4.78 is 0. The lowest BCUT2D eigenvalue weighted by Crippen LogP contribution is -2.37. The molecule has 2 aromatic heterocycles. The van der Waals surface area contributed by atoms with Crippen LogP contribution in [0.2, 0.25) is 0 Å². The lowest BCUT2D eigenvalue weighted by Gasteiger charge is -2.21. The molecule has 1 saturated heterocycles. The highest BCUT2D eigenvalue weighted by Gasteiger charge is 2.10. The molecule has 28 heavy (non-hydrogen) atoms. The Balaban J connectivity index is 0.00000280. The Bertz CT molecular complexity index is 723. The molecule has 2 aromatic rings. The summed E-state index contributed by atoms with van der Waals surface area (Å²) in [4.78, 5) is 15.9. The monoisotopic (exact) mass is 514 g/mol. The highest BCUT2D eigenvalue weighted by molar-refractivity contribution is 14.0. The Hall–Kier alpha value is -1.42. The first kappa shape index (κ1) is 22.9. The van der Waals surface area contributed by atoms with Crippen molar-refractivity contribution in [1.29, 1.82) is 0 Å². The van der Waals surface area contributed by atoms with Crippen LogP contribution in [0, 0.1) is 6.92 Å². The molecular formula is C20H31IN6S. The third-order valence-corrected chi connectivity index (χ3v) is 5.59.